The van der Waals surface area contributed by atoms with Crippen LogP contribution in [0.2, 0.25) is 0 Å². The van der Waals surface area contributed by atoms with Crippen LogP contribution in [0.3, 0.4) is 0 Å². The van der Waals surface area contributed by atoms with Crippen LogP contribution in [0.4, 0.5) is 10.2 Å². The zero-order chi connectivity index (χ0) is 23.5. The summed E-state index contributed by atoms with van der Waals surface area (Å²) < 4.78 is 14.6. The lowest BCUT2D eigenvalue weighted by Gasteiger charge is -2.25. The smallest absolute Gasteiger partial charge is 0.314 e. The Morgan fingerprint density at radius 2 is 1.62 bits per heavy atom. The summed E-state index contributed by atoms with van der Waals surface area (Å²) >= 11 is 0. The van der Waals surface area contributed by atoms with E-state index in [1.807, 2.05) is 34.6 Å². The summed E-state index contributed by atoms with van der Waals surface area (Å²) in [6, 6.07) is 9.43. The lowest BCUT2D eigenvalue weighted by atomic mass is 9.84. The van der Waals surface area contributed by atoms with Crippen molar-refractivity contribution in [2.24, 2.45) is 0 Å². The molecule has 0 aliphatic carbocycles. The molecule has 0 spiro atoms. The summed E-state index contributed by atoms with van der Waals surface area (Å²) in [4.78, 5) is 33.4. The van der Waals surface area contributed by atoms with Crippen LogP contribution in [0.1, 0.15) is 45.9 Å². The molecule has 0 saturated heterocycles. The lowest BCUT2D eigenvalue weighted by Crippen LogP contribution is -2.42. The molecule has 0 fully saturated rings. The van der Waals surface area contributed by atoms with Crippen LogP contribution in [-0.4, -0.2) is 38.1 Å². The van der Waals surface area contributed by atoms with Gasteiger partial charge in [0.2, 0.25) is 0 Å². The van der Waals surface area contributed by atoms with Gasteiger partial charge in [-0.2, -0.15) is 9.78 Å². The minimum absolute atomic E-state index is 0.194. The van der Waals surface area contributed by atoms with Crippen molar-refractivity contribution in [3.63, 3.8) is 0 Å². The van der Waals surface area contributed by atoms with E-state index in [0.29, 0.717) is 11.5 Å². The molecule has 8 nitrogen and oxygen atoms in total. The van der Waals surface area contributed by atoms with Gasteiger partial charge in [-0.1, -0.05) is 46.8 Å². The number of nitrogens with zero attached hydrogens (tertiary/aromatic N) is 4. The van der Waals surface area contributed by atoms with Crippen molar-refractivity contribution >= 4 is 17.6 Å². The molecule has 0 bridgehead atoms. The molecule has 9 heteroatoms. The third-order valence-electron chi connectivity index (χ3n) is 4.98. The van der Waals surface area contributed by atoms with Crippen LogP contribution in [0.5, 0.6) is 0 Å². The summed E-state index contributed by atoms with van der Waals surface area (Å²) in [6.07, 6.45) is 3.13. The van der Waals surface area contributed by atoms with Crippen molar-refractivity contribution in [1.82, 2.24) is 25.1 Å². The third kappa shape index (κ3) is 5.35. The number of rotatable bonds is 5. The topological polar surface area (TPSA) is 102 Å². The number of amides is 2. The van der Waals surface area contributed by atoms with Crippen molar-refractivity contribution in [2.75, 3.05) is 11.9 Å². The fourth-order valence-corrected chi connectivity index (χ4v) is 2.95. The Morgan fingerprint density at radius 3 is 2.22 bits per heavy atom. The fraction of sp³-hybridized carbons (Fsp3) is 0.348. The Balaban J connectivity index is 1.74. The molecule has 0 radical (unpaired) electrons. The molecule has 2 aromatic heterocycles. The van der Waals surface area contributed by atoms with Crippen molar-refractivity contribution in [3.05, 3.63) is 65.9 Å². The minimum Gasteiger partial charge on any atom is -0.347 e. The molecule has 168 valence electrons. The number of halogens is 1. The first-order chi connectivity index (χ1) is 15.0. The molecule has 0 aliphatic heterocycles. The summed E-state index contributed by atoms with van der Waals surface area (Å²) in [6.45, 7) is 9.95. The van der Waals surface area contributed by atoms with Gasteiger partial charge < -0.3 is 10.6 Å². The highest BCUT2D eigenvalue weighted by atomic mass is 19.1. The first kappa shape index (κ1) is 23.1. The number of anilines is 1. The van der Waals surface area contributed by atoms with Gasteiger partial charge in [0.25, 0.3) is 5.95 Å². The average molecular weight is 439 g/mol. The molecular weight excluding hydrogens is 411 g/mol. The standard InChI is InChI=1S/C23H27FN6O2/c1-22(2,3)17-13-18(30(29-17)21-25-11-6-12-26-21)28-20(32)19(31)27-14-23(4,5)15-7-9-16(24)10-8-15/h6-13H,14H2,1-5H3,(H,27,31)(H,28,32). The summed E-state index contributed by atoms with van der Waals surface area (Å²) in [5.41, 5.74) is 0.760. The van der Waals surface area contributed by atoms with Gasteiger partial charge in [-0.15, -0.1) is 0 Å². The number of hydrogen-bond donors (Lipinski definition) is 2. The molecular formula is C23H27FN6O2. The maximum Gasteiger partial charge on any atom is 0.314 e. The van der Waals surface area contributed by atoms with Crippen LogP contribution in [-0.2, 0) is 20.4 Å². The van der Waals surface area contributed by atoms with Crippen molar-refractivity contribution < 1.29 is 14.0 Å². The number of nitrogens with one attached hydrogen (secondary N) is 2. The molecule has 0 aliphatic rings. The van der Waals surface area contributed by atoms with Gasteiger partial charge in [-0.25, -0.2) is 14.4 Å². The Labute approximate surface area is 186 Å². The van der Waals surface area contributed by atoms with Crippen LogP contribution < -0.4 is 10.6 Å². The highest BCUT2D eigenvalue weighted by Gasteiger charge is 2.26. The first-order valence-electron chi connectivity index (χ1n) is 10.2. The van der Waals surface area contributed by atoms with Crippen molar-refractivity contribution in [2.45, 2.75) is 45.4 Å². The van der Waals surface area contributed by atoms with E-state index in [0.717, 1.165) is 5.56 Å². The van der Waals surface area contributed by atoms with Crippen molar-refractivity contribution in [3.8, 4) is 5.95 Å². The van der Waals surface area contributed by atoms with Gasteiger partial charge in [0.05, 0.1) is 5.69 Å². The Hall–Kier alpha value is -3.62. The van der Waals surface area contributed by atoms with E-state index in [2.05, 4.69) is 25.7 Å². The van der Waals surface area contributed by atoms with Gasteiger partial charge in [0, 0.05) is 35.8 Å². The zero-order valence-corrected chi connectivity index (χ0v) is 18.8. The lowest BCUT2D eigenvalue weighted by molar-refractivity contribution is -0.136. The van der Waals surface area contributed by atoms with Gasteiger partial charge >= 0.3 is 11.8 Å². The molecule has 2 amide bonds. The molecule has 3 rings (SSSR count). The van der Waals surface area contributed by atoms with Crippen LogP contribution in [0.25, 0.3) is 5.95 Å². The van der Waals surface area contributed by atoms with Crippen molar-refractivity contribution in [1.29, 1.82) is 0 Å². The average Bonchev–Trinajstić information content (AvgIpc) is 3.17. The minimum atomic E-state index is -0.836. The largest absolute Gasteiger partial charge is 0.347 e. The molecule has 32 heavy (non-hydrogen) atoms. The first-order valence-corrected chi connectivity index (χ1v) is 10.2. The van der Waals surface area contributed by atoms with E-state index >= 15 is 0 Å². The molecule has 0 atom stereocenters. The molecule has 1 aromatic carbocycles. The number of benzene rings is 1. The van der Waals surface area contributed by atoms with Gasteiger partial charge in [0.15, 0.2) is 0 Å². The van der Waals surface area contributed by atoms with E-state index < -0.39 is 17.2 Å². The fourth-order valence-electron chi connectivity index (χ4n) is 2.95. The Bertz CT molecular complexity index is 1100. The SMILES string of the molecule is CC(C)(C)c1cc(NC(=O)C(=O)NCC(C)(C)c2ccc(F)cc2)n(-c2ncccn2)n1. The number of hydrogen-bond acceptors (Lipinski definition) is 5. The second-order valence-corrected chi connectivity index (χ2v) is 9.15. The second kappa shape index (κ2) is 8.86. The molecule has 3 aromatic rings. The third-order valence-corrected chi connectivity index (χ3v) is 4.98. The van der Waals surface area contributed by atoms with Gasteiger partial charge in [-0.3, -0.25) is 9.59 Å². The highest BCUT2D eigenvalue weighted by Crippen LogP contribution is 2.25. The quantitative estimate of drug-likeness (QED) is 0.596. The number of aromatic nitrogens is 4. The maximum absolute atomic E-state index is 13.2. The number of carbonyl (C=O) groups excluding carboxylic acids is 2. The van der Waals surface area contributed by atoms with Gasteiger partial charge in [-0.05, 0) is 23.8 Å². The number of carbonyl (C=O) groups is 2. The summed E-state index contributed by atoms with van der Waals surface area (Å²) in [7, 11) is 0. The van der Waals surface area contributed by atoms with E-state index in [4.69, 9.17) is 0 Å². The molecule has 2 heterocycles. The van der Waals surface area contributed by atoms with Gasteiger partial charge in [0.1, 0.15) is 11.6 Å². The predicted molar refractivity (Wildman–Crippen MR) is 119 cm³/mol. The van der Waals surface area contributed by atoms with E-state index in [9.17, 15) is 14.0 Å². The second-order valence-electron chi connectivity index (χ2n) is 9.15. The normalized spacial score (nSPS) is 11.8. The highest BCUT2D eigenvalue weighted by molar-refractivity contribution is 6.39. The summed E-state index contributed by atoms with van der Waals surface area (Å²) in [5.74, 6) is -1.39. The van der Waals surface area contributed by atoms with E-state index in [1.165, 1.54) is 16.8 Å². The Kier molecular flexibility index (Phi) is 6.38. The molecule has 0 saturated carbocycles. The summed E-state index contributed by atoms with van der Waals surface area (Å²) in [5, 5.41) is 9.76. The Morgan fingerprint density at radius 1 is 1.00 bits per heavy atom. The van der Waals surface area contributed by atoms with Crippen LogP contribution in [0.15, 0.2) is 48.8 Å². The maximum atomic E-state index is 13.2. The zero-order valence-electron chi connectivity index (χ0n) is 18.8. The predicted octanol–water partition coefficient (Wildman–Crippen LogP) is 3.13. The molecule has 2 N–H and O–H groups in total. The van der Waals surface area contributed by atoms with E-state index in [1.54, 1.807) is 36.7 Å². The van der Waals surface area contributed by atoms with Crippen LogP contribution in [0, 0.1) is 5.82 Å². The monoisotopic (exact) mass is 438 g/mol. The van der Waals surface area contributed by atoms with E-state index in [-0.39, 0.29) is 23.7 Å². The van der Waals surface area contributed by atoms with Crippen LogP contribution >= 0.6 is 0 Å². The molecule has 0 unspecified atom stereocenters.